The van der Waals surface area contributed by atoms with Gasteiger partial charge in [-0.25, -0.2) is 0 Å². The van der Waals surface area contributed by atoms with Gasteiger partial charge < -0.3 is 9.13 Å². The molecule has 0 aliphatic heterocycles. The van der Waals surface area contributed by atoms with Crippen molar-refractivity contribution < 1.29 is 0 Å². The monoisotopic (exact) mass is 662 g/mol. The molecule has 1 atom stereocenters. The summed E-state index contributed by atoms with van der Waals surface area (Å²) in [6, 6.07) is 69.2. The molecule has 1 unspecified atom stereocenters. The summed E-state index contributed by atoms with van der Waals surface area (Å²) in [5.41, 5.74) is 16.1. The van der Waals surface area contributed by atoms with Crippen LogP contribution < -0.4 is 0 Å². The third-order valence-corrected chi connectivity index (χ3v) is 11.6. The minimum Gasteiger partial charge on any atom is -0.309 e. The molecule has 244 valence electrons. The molecule has 0 N–H and O–H groups in total. The summed E-state index contributed by atoms with van der Waals surface area (Å²) in [6.45, 7) is 2.40. The molecule has 0 saturated heterocycles. The quantitative estimate of drug-likeness (QED) is 0.177. The molecule has 52 heavy (non-hydrogen) atoms. The number of fused-ring (bicyclic) bond motifs is 10. The maximum atomic E-state index is 2.45. The molecule has 2 heteroatoms. The molecule has 11 rings (SSSR count). The van der Waals surface area contributed by atoms with E-state index in [1.807, 2.05) is 0 Å². The molecule has 2 heterocycles. The highest BCUT2D eigenvalue weighted by Gasteiger charge is 2.42. The number of hydrogen-bond donors (Lipinski definition) is 0. The Hall–Kier alpha value is -6.64. The van der Waals surface area contributed by atoms with Gasteiger partial charge >= 0.3 is 0 Å². The number of rotatable bonds is 4. The average Bonchev–Trinajstić information content (AvgIpc) is 3.82. The van der Waals surface area contributed by atoms with E-state index in [0.717, 1.165) is 0 Å². The van der Waals surface area contributed by atoms with Crippen LogP contribution in [0.2, 0.25) is 0 Å². The van der Waals surface area contributed by atoms with E-state index in [1.165, 1.54) is 93.9 Å². The molecular formula is C50H34N2. The summed E-state index contributed by atoms with van der Waals surface area (Å²) >= 11 is 0. The van der Waals surface area contributed by atoms with Crippen molar-refractivity contribution in [3.05, 3.63) is 205 Å². The van der Waals surface area contributed by atoms with Crippen molar-refractivity contribution in [3.63, 3.8) is 0 Å². The fourth-order valence-electron chi connectivity index (χ4n) is 9.21. The number of benzene rings is 8. The summed E-state index contributed by atoms with van der Waals surface area (Å²) in [7, 11) is 0. The van der Waals surface area contributed by atoms with Gasteiger partial charge in [-0.2, -0.15) is 0 Å². The zero-order valence-corrected chi connectivity index (χ0v) is 28.8. The Morgan fingerprint density at radius 1 is 0.385 bits per heavy atom. The largest absolute Gasteiger partial charge is 0.309 e. The van der Waals surface area contributed by atoms with Crippen molar-refractivity contribution in [2.45, 2.75) is 12.3 Å². The third kappa shape index (κ3) is 3.95. The van der Waals surface area contributed by atoms with Gasteiger partial charge in [0, 0.05) is 38.3 Å². The highest BCUT2D eigenvalue weighted by molar-refractivity contribution is 6.19. The SMILES string of the molecule is CC1(c2ccccc2)c2ccccc2-c2c1ccc1c2c2cc(-c3ccc4c5ccccc5n(-c5ccccc5)c4c3)ccc2n1-c1ccccc1. The van der Waals surface area contributed by atoms with Gasteiger partial charge in [-0.1, -0.05) is 133 Å². The van der Waals surface area contributed by atoms with Crippen molar-refractivity contribution in [3.8, 4) is 33.6 Å². The van der Waals surface area contributed by atoms with Crippen LogP contribution in [0.25, 0.3) is 77.2 Å². The lowest BCUT2D eigenvalue weighted by atomic mass is 9.74. The molecule has 0 radical (unpaired) electrons. The Morgan fingerprint density at radius 3 is 1.71 bits per heavy atom. The molecule has 0 fully saturated rings. The highest BCUT2D eigenvalue weighted by Crippen LogP contribution is 2.56. The van der Waals surface area contributed by atoms with E-state index in [0.29, 0.717) is 0 Å². The summed E-state index contributed by atoms with van der Waals surface area (Å²) in [5, 5.41) is 5.11. The molecule has 10 aromatic rings. The first kappa shape index (κ1) is 29.1. The summed E-state index contributed by atoms with van der Waals surface area (Å²) in [5.74, 6) is 0. The van der Waals surface area contributed by atoms with Gasteiger partial charge in [0.25, 0.3) is 0 Å². The van der Waals surface area contributed by atoms with Crippen molar-refractivity contribution in [2.24, 2.45) is 0 Å². The summed E-state index contributed by atoms with van der Waals surface area (Å²) in [4.78, 5) is 0. The van der Waals surface area contributed by atoms with Crippen LogP contribution >= 0.6 is 0 Å². The first-order valence-electron chi connectivity index (χ1n) is 18.1. The van der Waals surface area contributed by atoms with Gasteiger partial charge in [0.05, 0.1) is 22.1 Å². The Labute approximate surface area is 302 Å². The fraction of sp³-hybridized carbons (Fsp3) is 0.0400. The van der Waals surface area contributed by atoms with Crippen LogP contribution in [-0.4, -0.2) is 9.13 Å². The van der Waals surface area contributed by atoms with E-state index in [9.17, 15) is 0 Å². The molecule has 0 bridgehead atoms. The van der Waals surface area contributed by atoms with E-state index >= 15 is 0 Å². The van der Waals surface area contributed by atoms with Crippen LogP contribution in [0.5, 0.6) is 0 Å². The van der Waals surface area contributed by atoms with Crippen molar-refractivity contribution >= 4 is 43.6 Å². The van der Waals surface area contributed by atoms with Crippen molar-refractivity contribution in [1.82, 2.24) is 9.13 Å². The van der Waals surface area contributed by atoms with Gasteiger partial charge in [0.1, 0.15) is 0 Å². The van der Waals surface area contributed by atoms with Gasteiger partial charge in [0.2, 0.25) is 0 Å². The van der Waals surface area contributed by atoms with E-state index in [-0.39, 0.29) is 5.41 Å². The van der Waals surface area contributed by atoms with Crippen molar-refractivity contribution in [1.29, 1.82) is 0 Å². The lowest BCUT2D eigenvalue weighted by Crippen LogP contribution is -2.22. The van der Waals surface area contributed by atoms with Crippen LogP contribution in [0.15, 0.2) is 188 Å². The molecule has 0 spiro atoms. The number of hydrogen-bond acceptors (Lipinski definition) is 0. The lowest BCUT2D eigenvalue weighted by Gasteiger charge is -2.28. The van der Waals surface area contributed by atoms with Gasteiger partial charge in [-0.15, -0.1) is 0 Å². The zero-order chi connectivity index (χ0) is 34.4. The summed E-state index contributed by atoms with van der Waals surface area (Å²) < 4.78 is 4.86. The maximum absolute atomic E-state index is 2.45. The fourth-order valence-corrected chi connectivity index (χ4v) is 9.21. The van der Waals surface area contributed by atoms with Crippen LogP contribution in [-0.2, 0) is 5.41 Å². The highest BCUT2D eigenvalue weighted by atomic mass is 15.0. The van der Waals surface area contributed by atoms with E-state index in [1.54, 1.807) is 0 Å². The third-order valence-electron chi connectivity index (χ3n) is 11.6. The van der Waals surface area contributed by atoms with Crippen LogP contribution in [0.4, 0.5) is 0 Å². The second kappa shape index (κ2) is 10.9. The average molecular weight is 663 g/mol. The maximum Gasteiger partial charge on any atom is 0.0547 e. The first-order chi connectivity index (χ1) is 25.7. The number of para-hydroxylation sites is 3. The molecule has 8 aromatic carbocycles. The minimum absolute atomic E-state index is 0.268. The topological polar surface area (TPSA) is 9.86 Å². The number of nitrogens with zero attached hydrogens (tertiary/aromatic N) is 2. The van der Waals surface area contributed by atoms with Gasteiger partial charge in [0.15, 0.2) is 0 Å². The predicted octanol–water partition coefficient (Wildman–Crippen LogP) is 12.9. The second-order valence-corrected chi connectivity index (χ2v) is 14.2. The molecular weight excluding hydrogens is 629 g/mol. The Kier molecular flexibility index (Phi) is 6.12. The number of aromatic nitrogens is 2. The lowest BCUT2D eigenvalue weighted by molar-refractivity contribution is 0.714. The molecule has 2 aromatic heterocycles. The minimum atomic E-state index is -0.268. The smallest absolute Gasteiger partial charge is 0.0547 e. The Bertz CT molecular complexity index is 3000. The summed E-state index contributed by atoms with van der Waals surface area (Å²) in [6.07, 6.45) is 0. The van der Waals surface area contributed by atoms with Gasteiger partial charge in [-0.3, -0.25) is 0 Å². The molecule has 0 saturated carbocycles. The van der Waals surface area contributed by atoms with Crippen LogP contribution in [0, 0.1) is 0 Å². The molecule has 0 amide bonds. The van der Waals surface area contributed by atoms with E-state index in [2.05, 4.69) is 204 Å². The zero-order valence-electron chi connectivity index (χ0n) is 28.8. The molecule has 1 aliphatic rings. The Balaban J connectivity index is 1.22. The van der Waals surface area contributed by atoms with Crippen LogP contribution in [0.1, 0.15) is 23.6 Å². The normalized spacial score (nSPS) is 15.1. The van der Waals surface area contributed by atoms with Crippen LogP contribution in [0.3, 0.4) is 0 Å². The van der Waals surface area contributed by atoms with Gasteiger partial charge in [-0.05, 0) is 100 Å². The molecule has 1 aliphatic carbocycles. The standard InChI is InChI=1S/C50H34N2/c1-50(35-15-5-2-6-16-35)42-23-13-11-22-40(42)48-43(50)28-30-46-49(48)41-31-33(26-29-45(41)51(46)36-17-7-3-8-18-36)34-25-27-39-38-21-12-14-24-44(38)52(47(39)32-34)37-19-9-4-10-20-37/h2-32H,1H3. The van der Waals surface area contributed by atoms with E-state index in [4.69, 9.17) is 0 Å². The second-order valence-electron chi connectivity index (χ2n) is 14.2. The Morgan fingerprint density at radius 2 is 0.942 bits per heavy atom. The van der Waals surface area contributed by atoms with E-state index < -0.39 is 0 Å². The molecule has 2 nitrogen and oxygen atoms in total. The predicted molar refractivity (Wildman–Crippen MR) is 218 cm³/mol. The van der Waals surface area contributed by atoms with Crippen molar-refractivity contribution in [2.75, 3.05) is 0 Å². The first-order valence-corrected chi connectivity index (χ1v) is 18.1.